The molecule has 4 nitrogen and oxygen atoms in total. The van der Waals surface area contributed by atoms with Gasteiger partial charge in [0.2, 0.25) is 5.91 Å². The first-order valence-corrected chi connectivity index (χ1v) is 9.06. The Morgan fingerprint density at radius 2 is 1.65 bits per heavy atom. The van der Waals surface area contributed by atoms with Gasteiger partial charge in [0, 0.05) is 5.75 Å². The third kappa shape index (κ3) is 6.57. The predicted molar refractivity (Wildman–Crippen MR) is 102 cm³/mol. The number of anilines is 1. The zero-order valence-electron chi connectivity index (χ0n) is 13.5. The minimum atomic E-state index is -4.50. The molecule has 0 aliphatic heterocycles. The molecular formula is C17H16F3N3OS2. The van der Waals surface area contributed by atoms with E-state index in [1.165, 1.54) is 30.0 Å². The predicted octanol–water partition coefficient (Wildman–Crippen LogP) is 3.96. The van der Waals surface area contributed by atoms with Gasteiger partial charge in [0.05, 0.1) is 17.0 Å². The lowest BCUT2D eigenvalue weighted by Gasteiger charge is -2.16. The number of rotatable bonds is 5. The smallest absolute Gasteiger partial charge is 0.331 e. The molecule has 0 aliphatic rings. The van der Waals surface area contributed by atoms with E-state index < -0.39 is 11.7 Å². The van der Waals surface area contributed by atoms with E-state index in [0.717, 1.165) is 11.6 Å². The molecule has 0 saturated carbocycles. The molecule has 2 rings (SSSR count). The van der Waals surface area contributed by atoms with Crippen LogP contribution in [0.15, 0.2) is 54.6 Å². The van der Waals surface area contributed by atoms with Crippen molar-refractivity contribution in [1.29, 1.82) is 0 Å². The molecule has 3 N–H and O–H groups in total. The number of thiocarbonyl (C=S) groups is 1. The molecule has 26 heavy (non-hydrogen) atoms. The van der Waals surface area contributed by atoms with Gasteiger partial charge >= 0.3 is 6.18 Å². The maximum Gasteiger partial charge on any atom is 0.418 e. The molecule has 0 spiro atoms. The van der Waals surface area contributed by atoms with Crippen molar-refractivity contribution >= 4 is 40.7 Å². The van der Waals surface area contributed by atoms with Crippen LogP contribution >= 0.6 is 24.0 Å². The summed E-state index contributed by atoms with van der Waals surface area (Å²) in [5.41, 5.74) is 4.82. The van der Waals surface area contributed by atoms with E-state index in [1.807, 2.05) is 30.3 Å². The van der Waals surface area contributed by atoms with Crippen LogP contribution in [0.3, 0.4) is 0 Å². The van der Waals surface area contributed by atoms with Gasteiger partial charge in [0.25, 0.3) is 0 Å². The Balaban J connectivity index is 1.76. The maximum absolute atomic E-state index is 12.9. The Morgan fingerprint density at radius 1 is 1.00 bits per heavy atom. The van der Waals surface area contributed by atoms with Crippen molar-refractivity contribution in [2.45, 2.75) is 11.9 Å². The van der Waals surface area contributed by atoms with Crippen LogP contribution in [-0.4, -0.2) is 16.8 Å². The fourth-order valence-corrected chi connectivity index (χ4v) is 2.94. The number of nitrogens with one attached hydrogen (secondary N) is 3. The van der Waals surface area contributed by atoms with Crippen LogP contribution in [0, 0.1) is 0 Å². The van der Waals surface area contributed by atoms with Crippen molar-refractivity contribution in [3.05, 3.63) is 65.7 Å². The molecule has 1 amide bonds. The first-order valence-electron chi connectivity index (χ1n) is 7.50. The van der Waals surface area contributed by atoms with Gasteiger partial charge in [-0.05, 0) is 29.9 Å². The van der Waals surface area contributed by atoms with Crippen molar-refractivity contribution in [3.63, 3.8) is 0 Å². The van der Waals surface area contributed by atoms with Gasteiger partial charge in [-0.1, -0.05) is 42.5 Å². The molecule has 2 aromatic carbocycles. The van der Waals surface area contributed by atoms with Gasteiger partial charge in [0.1, 0.15) is 0 Å². The lowest BCUT2D eigenvalue weighted by Crippen LogP contribution is -2.44. The van der Waals surface area contributed by atoms with E-state index >= 15 is 0 Å². The summed E-state index contributed by atoms with van der Waals surface area (Å²) in [6, 6.07) is 14.6. The number of hydrogen-bond acceptors (Lipinski definition) is 3. The number of amides is 1. The van der Waals surface area contributed by atoms with Crippen molar-refractivity contribution in [2.24, 2.45) is 0 Å². The van der Waals surface area contributed by atoms with Crippen LogP contribution in [0.5, 0.6) is 0 Å². The quantitative estimate of drug-likeness (QED) is 0.525. The molecule has 0 aromatic heterocycles. The second-order valence-corrected chi connectivity index (χ2v) is 6.54. The highest BCUT2D eigenvalue weighted by Gasteiger charge is 2.33. The van der Waals surface area contributed by atoms with Gasteiger partial charge in [-0.3, -0.25) is 15.6 Å². The number of halogens is 3. The van der Waals surface area contributed by atoms with Crippen LogP contribution < -0.4 is 16.2 Å². The molecule has 138 valence electrons. The van der Waals surface area contributed by atoms with Crippen molar-refractivity contribution in [2.75, 3.05) is 11.1 Å². The lowest BCUT2D eigenvalue weighted by molar-refractivity contribution is -0.137. The van der Waals surface area contributed by atoms with Crippen molar-refractivity contribution in [1.82, 2.24) is 10.9 Å². The molecule has 0 bridgehead atoms. The molecule has 9 heteroatoms. The summed E-state index contributed by atoms with van der Waals surface area (Å²) < 4.78 is 38.7. The van der Waals surface area contributed by atoms with E-state index in [0.29, 0.717) is 5.75 Å². The second-order valence-electron chi connectivity index (χ2n) is 5.15. The van der Waals surface area contributed by atoms with Crippen LogP contribution in [0.2, 0.25) is 0 Å². The van der Waals surface area contributed by atoms with Crippen LogP contribution in [0.4, 0.5) is 18.9 Å². The number of alkyl halides is 3. The topological polar surface area (TPSA) is 53.2 Å². The summed E-state index contributed by atoms with van der Waals surface area (Å²) in [6.07, 6.45) is -4.50. The summed E-state index contributed by atoms with van der Waals surface area (Å²) in [4.78, 5) is 11.8. The number of hydrazine groups is 1. The highest BCUT2D eigenvalue weighted by molar-refractivity contribution is 7.99. The minimum Gasteiger partial charge on any atom is -0.331 e. The van der Waals surface area contributed by atoms with Crippen molar-refractivity contribution < 1.29 is 18.0 Å². The molecule has 0 aliphatic carbocycles. The Hall–Kier alpha value is -2.26. The van der Waals surface area contributed by atoms with Crippen LogP contribution in [0.1, 0.15) is 11.1 Å². The normalized spacial score (nSPS) is 10.9. The summed E-state index contributed by atoms with van der Waals surface area (Å²) >= 11 is 6.33. The molecule has 0 atom stereocenters. The average molecular weight is 399 g/mol. The van der Waals surface area contributed by atoms with Gasteiger partial charge < -0.3 is 5.32 Å². The molecule has 2 aromatic rings. The molecular weight excluding hydrogens is 383 g/mol. The zero-order valence-corrected chi connectivity index (χ0v) is 15.1. The Kier molecular flexibility index (Phi) is 7.28. The molecule has 0 saturated heterocycles. The van der Waals surface area contributed by atoms with Gasteiger partial charge in [-0.15, -0.1) is 11.8 Å². The monoisotopic (exact) mass is 399 g/mol. The fourth-order valence-electron chi connectivity index (χ4n) is 1.99. The zero-order chi connectivity index (χ0) is 19.0. The van der Waals surface area contributed by atoms with E-state index in [-0.39, 0.29) is 22.5 Å². The van der Waals surface area contributed by atoms with Gasteiger partial charge in [0.15, 0.2) is 5.11 Å². The number of carbonyl (C=O) groups excluding carboxylic acids is 1. The highest BCUT2D eigenvalue weighted by Crippen LogP contribution is 2.34. The number of carbonyl (C=O) groups is 1. The van der Waals surface area contributed by atoms with Crippen molar-refractivity contribution in [3.8, 4) is 0 Å². The number of hydrogen-bond donors (Lipinski definition) is 3. The molecule has 0 radical (unpaired) electrons. The summed E-state index contributed by atoms with van der Waals surface area (Å²) in [6.45, 7) is 0. The Labute approximate surface area is 158 Å². The first-order chi connectivity index (χ1) is 12.4. The number of para-hydroxylation sites is 1. The molecule has 0 fully saturated rings. The second kappa shape index (κ2) is 9.44. The highest BCUT2D eigenvalue weighted by atomic mass is 32.2. The minimum absolute atomic E-state index is 0.136. The molecule has 0 heterocycles. The third-order valence-corrected chi connectivity index (χ3v) is 4.35. The lowest BCUT2D eigenvalue weighted by atomic mass is 10.2. The third-order valence-electron chi connectivity index (χ3n) is 3.14. The Bertz CT molecular complexity index is 754. The van der Waals surface area contributed by atoms with Crippen LogP contribution in [-0.2, 0) is 16.7 Å². The number of benzene rings is 2. The SMILES string of the molecule is O=C(CSCc1ccccc1)NNC(=S)Nc1ccccc1C(F)(F)F. The van der Waals surface area contributed by atoms with Gasteiger partial charge in [-0.2, -0.15) is 13.2 Å². The van der Waals surface area contributed by atoms with E-state index in [1.54, 1.807) is 0 Å². The average Bonchev–Trinajstić information content (AvgIpc) is 2.60. The summed E-state index contributed by atoms with van der Waals surface area (Å²) in [5.74, 6) is 0.527. The molecule has 0 unspecified atom stereocenters. The van der Waals surface area contributed by atoms with E-state index in [9.17, 15) is 18.0 Å². The maximum atomic E-state index is 12.9. The van der Waals surface area contributed by atoms with Gasteiger partial charge in [-0.25, -0.2) is 0 Å². The number of thioether (sulfide) groups is 1. The summed E-state index contributed by atoms with van der Waals surface area (Å²) in [5, 5.41) is 2.30. The first kappa shape index (κ1) is 20.1. The van der Waals surface area contributed by atoms with Crippen LogP contribution in [0.25, 0.3) is 0 Å². The standard InChI is InChI=1S/C17H16F3N3OS2/c18-17(19,20)13-8-4-5-9-14(13)21-16(25)23-22-15(24)11-26-10-12-6-2-1-3-7-12/h1-9H,10-11H2,(H,22,24)(H2,21,23,25). The fraction of sp³-hybridized carbons (Fsp3) is 0.176. The van der Waals surface area contributed by atoms with E-state index in [2.05, 4.69) is 16.2 Å². The largest absolute Gasteiger partial charge is 0.418 e. The Morgan fingerprint density at radius 3 is 2.35 bits per heavy atom. The van der Waals surface area contributed by atoms with E-state index in [4.69, 9.17) is 12.2 Å². The summed E-state index contributed by atoms with van der Waals surface area (Å²) in [7, 11) is 0.